The van der Waals surface area contributed by atoms with Gasteiger partial charge >= 0.3 is 0 Å². The van der Waals surface area contributed by atoms with Gasteiger partial charge in [-0.1, -0.05) is 12.8 Å². The van der Waals surface area contributed by atoms with Gasteiger partial charge < -0.3 is 10.6 Å². The van der Waals surface area contributed by atoms with Crippen molar-refractivity contribution in [1.82, 2.24) is 4.90 Å². The minimum atomic E-state index is 0.194. The van der Waals surface area contributed by atoms with Gasteiger partial charge in [-0.15, -0.1) is 11.3 Å². The summed E-state index contributed by atoms with van der Waals surface area (Å²) >= 11 is 1.62. The number of hydrogen-bond acceptors (Lipinski definition) is 3. The highest BCUT2D eigenvalue weighted by Gasteiger charge is 2.32. The van der Waals surface area contributed by atoms with Crippen LogP contribution >= 0.6 is 11.3 Å². The molecule has 1 fully saturated rings. The van der Waals surface area contributed by atoms with Gasteiger partial charge in [-0.05, 0) is 57.7 Å². The Balaban J connectivity index is 2.20. The third-order valence-electron chi connectivity index (χ3n) is 4.55. The van der Waals surface area contributed by atoms with Crippen molar-refractivity contribution in [1.29, 1.82) is 0 Å². The summed E-state index contributed by atoms with van der Waals surface area (Å²) in [6.45, 7) is 7.69. The summed E-state index contributed by atoms with van der Waals surface area (Å²) in [5.41, 5.74) is 7.13. The Hall–Kier alpha value is -0.870. The zero-order valence-corrected chi connectivity index (χ0v) is 13.6. The van der Waals surface area contributed by atoms with Crippen LogP contribution in [0.3, 0.4) is 0 Å². The maximum Gasteiger partial charge on any atom is 0.264 e. The molecule has 0 bridgehead atoms. The molecule has 1 aromatic rings. The number of carbonyl (C=O) groups is 1. The molecule has 3 nitrogen and oxygen atoms in total. The lowest BCUT2D eigenvalue weighted by Gasteiger charge is -2.39. The van der Waals surface area contributed by atoms with E-state index in [1.165, 1.54) is 23.3 Å². The van der Waals surface area contributed by atoms with Crippen LogP contribution in [0, 0.1) is 19.8 Å². The molecule has 0 saturated heterocycles. The predicted octanol–water partition coefficient (Wildman–Crippen LogP) is 3.34. The molecule has 112 valence electrons. The Morgan fingerprint density at radius 1 is 1.40 bits per heavy atom. The third-order valence-corrected chi connectivity index (χ3v) is 5.69. The van der Waals surface area contributed by atoms with Gasteiger partial charge in [-0.3, -0.25) is 4.79 Å². The smallest absolute Gasteiger partial charge is 0.264 e. The van der Waals surface area contributed by atoms with Crippen molar-refractivity contribution in [3.63, 3.8) is 0 Å². The summed E-state index contributed by atoms with van der Waals surface area (Å²) in [4.78, 5) is 17.0. The topological polar surface area (TPSA) is 46.3 Å². The largest absolute Gasteiger partial charge is 0.335 e. The van der Waals surface area contributed by atoms with Crippen molar-refractivity contribution in [3.05, 3.63) is 21.4 Å². The zero-order chi connectivity index (χ0) is 14.7. The monoisotopic (exact) mass is 294 g/mol. The molecule has 1 aromatic heterocycles. The van der Waals surface area contributed by atoms with Crippen LogP contribution in [0.15, 0.2) is 6.07 Å². The summed E-state index contributed by atoms with van der Waals surface area (Å²) in [6.07, 6.45) is 4.73. The first-order valence-corrected chi connectivity index (χ1v) is 8.48. The number of carbonyl (C=O) groups excluding carboxylic acids is 1. The quantitative estimate of drug-likeness (QED) is 0.925. The van der Waals surface area contributed by atoms with Crippen LogP contribution in [-0.4, -0.2) is 29.9 Å². The molecular weight excluding hydrogens is 268 g/mol. The highest BCUT2D eigenvalue weighted by Crippen LogP contribution is 2.30. The normalized spacial score (nSPS) is 22.8. The van der Waals surface area contributed by atoms with E-state index in [-0.39, 0.29) is 5.91 Å². The average molecular weight is 294 g/mol. The Labute approximate surface area is 126 Å². The van der Waals surface area contributed by atoms with Crippen LogP contribution in [0.2, 0.25) is 0 Å². The van der Waals surface area contributed by atoms with Crippen molar-refractivity contribution < 1.29 is 4.79 Å². The molecule has 2 rings (SSSR count). The second kappa shape index (κ2) is 6.72. The number of thiophene rings is 1. The Morgan fingerprint density at radius 2 is 2.10 bits per heavy atom. The molecule has 0 radical (unpaired) electrons. The lowest BCUT2D eigenvalue weighted by molar-refractivity contribution is 0.0565. The van der Waals surface area contributed by atoms with Crippen LogP contribution in [0.5, 0.6) is 0 Å². The maximum atomic E-state index is 12.8. The van der Waals surface area contributed by atoms with E-state index in [1.807, 2.05) is 6.07 Å². The van der Waals surface area contributed by atoms with Gasteiger partial charge in [0.2, 0.25) is 0 Å². The van der Waals surface area contributed by atoms with Crippen LogP contribution in [0.1, 0.15) is 52.7 Å². The van der Waals surface area contributed by atoms with E-state index >= 15 is 0 Å². The second-order valence-corrected chi connectivity index (χ2v) is 7.04. The SMILES string of the molecule is CCN(C(=O)c1cc(C)c(C)s1)C1CCCCC1CN. The predicted molar refractivity (Wildman–Crippen MR) is 85.3 cm³/mol. The number of aryl methyl sites for hydroxylation is 2. The van der Waals surface area contributed by atoms with Gasteiger partial charge in [0.05, 0.1) is 4.88 Å². The van der Waals surface area contributed by atoms with Gasteiger partial charge in [-0.25, -0.2) is 0 Å². The van der Waals surface area contributed by atoms with Crippen molar-refractivity contribution in [2.75, 3.05) is 13.1 Å². The molecule has 0 aliphatic heterocycles. The van der Waals surface area contributed by atoms with E-state index < -0.39 is 0 Å². The molecule has 2 N–H and O–H groups in total. The average Bonchev–Trinajstić information content (AvgIpc) is 2.80. The number of amides is 1. The molecule has 1 aliphatic carbocycles. The number of hydrogen-bond donors (Lipinski definition) is 1. The zero-order valence-electron chi connectivity index (χ0n) is 12.8. The highest BCUT2D eigenvalue weighted by atomic mass is 32.1. The Bertz CT molecular complexity index is 450. The fourth-order valence-corrected chi connectivity index (χ4v) is 4.21. The van der Waals surface area contributed by atoms with Crippen molar-refractivity contribution in [2.24, 2.45) is 11.7 Å². The van der Waals surface area contributed by atoms with E-state index in [2.05, 4.69) is 25.7 Å². The molecule has 4 heteroatoms. The van der Waals surface area contributed by atoms with Crippen LogP contribution in [0.25, 0.3) is 0 Å². The van der Waals surface area contributed by atoms with Gasteiger partial charge in [0.15, 0.2) is 0 Å². The Morgan fingerprint density at radius 3 is 2.65 bits per heavy atom. The molecule has 1 amide bonds. The van der Waals surface area contributed by atoms with E-state index in [9.17, 15) is 4.79 Å². The lowest BCUT2D eigenvalue weighted by Crippen LogP contribution is -2.47. The summed E-state index contributed by atoms with van der Waals surface area (Å²) in [5, 5.41) is 0. The summed E-state index contributed by atoms with van der Waals surface area (Å²) < 4.78 is 0. The minimum Gasteiger partial charge on any atom is -0.335 e. The molecule has 2 atom stereocenters. The van der Waals surface area contributed by atoms with Crippen molar-refractivity contribution in [2.45, 2.75) is 52.5 Å². The minimum absolute atomic E-state index is 0.194. The number of nitrogens with zero attached hydrogens (tertiary/aromatic N) is 1. The third kappa shape index (κ3) is 3.07. The molecule has 0 spiro atoms. The molecule has 20 heavy (non-hydrogen) atoms. The number of rotatable bonds is 4. The van der Waals surface area contributed by atoms with Gasteiger partial charge in [0.25, 0.3) is 5.91 Å². The van der Waals surface area contributed by atoms with Crippen LogP contribution in [0.4, 0.5) is 0 Å². The molecule has 1 heterocycles. The molecule has 1 aliphatic rings. The fourth-order valence-electron chi connectivity index (χ4n) is 3.22. The van der Waals surface area contributed by atoms with Crippen molar-refractivity contribution >= 4 is 17.2 Å². The van der Waals surface area contributed by atoms with E-state index in [0.29, 0.717) is 18.5 Å². The summed E-state index contributed by atoms with van der Waals surface area (Å²) in [6, 6.07) is 2.36. The highest BCUT2D eigenvalue weighted by molar-refractivity contribution is 7.14. The standard InChI is InChI=1S/C16H26N2OS/c1-4-18(14-8-6-5-7-13(14)10-17)16(19)15-9-11(2)12(3)20-15/h9,13-14H,4-8,10,17H2,1-3H3. The second-order valence-electron chi connectivity index (χ2n) is 5.79. The first kappa shape index (κ1) is 15.5. The Kier molecular flexibility index (Phi) is 5.22. The molecule has 1 saturated carbocycles. The fraction of sp³-hybridized carbons (Fsp3) is 0.688. The van der Waals surface area contributed by atoms with Crippen molar-refractivity contribution in [3.8, 4) is 0 Å². The molecule has 0 aromatic carbocycles. The maximum absolute atomic E-state index is 12.8. The van der Waals surface area contributed by atoms with E-state index in [1.54, 1.807) is 11.3 Å². The summed E-state index contributed by atoms with van der Waals surface area (Å²) in [7, 11) is 0. The van der Waals surface area contributed by atoms with Gasteiger partial charge in [0, 0.05) is 17.5 Å². The first-order valence-electron chi connectivity index (χ1n) is 7.66. The van der Waals surface area contributed by atoms with Gasteiger partial charge in [-0.2, -0.15) is 0 Å². The lowest BCUT2D eigenvalue weighted by atomic mass is 9.83. The van der Waals surface area contributed by atoms with Crippen LogP contribution < -0.4 is 5.73 Å². The number of nitrogens with two attached hydrogens (primary N) is 1. The van der Waals surface area contributed by atoms with E-state index in [4.69, 9.17) is 5.73 Å². The van der Waals surface area contributed by atoms with Crippen LogP contribution in [-0.2, 0) is 0 Å². The molecular formula is C16H26N2OS. The summed E-state index contributed by atoms with van der Waals surface area (Å²) in [5.74, 6) is 0.661. The van der Waals surface area contributed by atoms with E-state index in [0.717, 1.165) is 24.3 Å². The molecule has 2 unspecified atom stereocenters. The van der Waals surface area contributed by atoms with Gasteiger partial charge in [0.1, 0.15) is 0 Å². The first-order chi connectivity index (χ1) is 9.58.